The zero-order valence-electron chi connectivity index (χ0n) is 21.0. The number of nitrogens with zero attached hydrogens (tertiary/aromatic N) is 2. The van der Waals surface area contributed by atoms with Crippen molar-refractivity contribution in [3.8, 4) is 18.1 Å². The Balaban J connectivity index is 1.38. The maximum absolute atomic E-state index is 13.3. The zero-order chi connectivity index (χ0) is 26.6. The van der Waals surface area contributed by atoms with Crippen LogP contribution in [0.25, 0.3) is 0 Å². The largest absolute Gasteiger partial charge is 0.494 e. The number of carbonyl (C=O) groups is 2. The van der Waals surface area contributed by atoms with Crippen molar-refractivity contribution < 1.29 is 14.3 Å². The second-order valence-corrected chi connectivity index (χ2v) is 9.63. The van der Waals surface area contributed by atoms with Gasteiger partial charge in [-0.15, -0.1) is 6.42 Å². The maximum atomic E-state index is 13.3. The van der Waals surface area contributed by atoms with Crippen LogP contribution >= 0.6 is 11.6 Å². The predicted octanol–water partition coefficient (Wildman–Crippen LogP) is 5.43. The Kier molecular flexibility index (Phi) is 7.45. The number of rotatable bonds is 8. The second-order valence-electron chi connectivity index (χ2n) is 9.20. The van der Waals surface area contributed by atoms with Crippen LogP contribution in [0.15, 0.2) is 65.7 Å². The van der Waals surface area contributed by atoms with Crippen molar-refractivity contribution in [3.63, 3.8) is 0 Å². The van der Waals surface area contributed by atoms with Crippen molar-refractivity contribution in [2.75, 3.05) is 37.4 Å². The third-order valence-corrected chi connectivity index (χ3v) is 7.04. The van der Waals surface area contributed by atoms with E-state index in [1.54, 1.807) is 42.5 Å². The fraction of sp³-hybridized carbons (Fsp3) is 0.233. The molecule has 0 spiro atoms. The maximum Gasteiger partial charge on any atom is 0.257 e. The van der Waals surface area contributed by atoms with E-state index in [-0.39, 0.29) is 28.9 Å². The molecular weight excluding hydrogens is 500 g/mol. The SMILES string of the molecule is C#Cc1ccc(NC(=O)c2cc(Cl)cc(OC)c2NC(=O)c2ccc(C(C3=NCC3)N3CCC3)cc2)cc1. The van der Waals surface area contributed by atoms with Crippen LogP contribution in [0, 0.1) is 12.3 Å². The molecule has 2 N–H and O–H groups in total. The molecule has 1 atom stereocenters. The summed E-state index contributed by atoms with van der Waals surface area (Å²) < 4.78 is 5.46. The lowest BCUT2D eigenvalue weighted by molar-refractivity contribution is 0.102. The molecule has 1 unspecified atom stereocenters. The van der Waals surface area contributed by atoms with Gasteiger partial charge in [0.15, 0.2) is 0 Å². The lowest BCUT2D eigenvalue weighted by Crippen LogP contribution is -2.45. The molecule has 1 saturated heterocycles. The number of benzene rings is 3. The molecule has 5 rings (SSSR count). The first-order chi connectivity index (χ1) is 18.5. The molecule has 3 aromatic carbocycles. The molecule has 0 aromatic heterocycles. The quantitative estimate of drug-likeness (QED) is 0.384. The summed E-state index contributed by atoms with van der Waals surface area (Å²) in [7, 11) is 1.45. The van der Waals surface area contributed by atoms with Crippen molar-refractivity contribution in [1.29, 1.82) is 0 Å². The average Bonchev–Trinajstić information content (AvgIpc) is 2.87. The van der Waals surface area contributed by atoms with Gasteiger partial charge in [-0.1, -0.05) is 29.7 Å². The summed E-state index contributed by atoms with van der Waals surface area (Å²) in [6, 6.07) is 17.6. The van der Waals surface area contributed by atoms with Crippen molar-refractivity contribution in [2.45, 2.75) is 18.9 Å². The first kappa shape index (κ1) is 25.5. The number of hydrogen-bond donors (Lipinski definition) is 2. The number of carbonyl (C=O) groups excluding carboxylic acids is 2. The van der Waals surface area contributed by atoms with E-state index < -0.39 is 5.91 Å². The first-order valence-electron chi connectivity index (χ1n) is 12.4. The van der Waals surface area contributed by atoms with Crippen LogP contribution in [0.3, 0.4) is 0 Å². The van der Waals surface area contributed by atoms with Gasteiger partial charge in [0.05, 0.1) is 24.4 Å². The van der Waals surface area contributed by atoms with Crippen LogP contribution in [0.4, 0.5) is 11.4 Å². The van der Waals surface area contributed by atoms with Gasteiger partial charge in [-0.25, -0.2) is 0 Å². The third kappa shape index (κ3) is 5.28. The van der Waals surface area contributed by atoms with Gasteiger partial charge in [0.1, 0.15) is 5.75 Å². The van der Waals surface area contributed by atoms with Gasteiger partial charge in [-0.2, -0.15) is 0 Å². The molecular formula is C30H27ClN4O3. The number of halogens is 1. The standard InChI is InChI=1S/C30H27ClN4O3/c1-3-19-5-11-23(12-6-19)33-30(37)24-17-22(31)18-26(38-2)27(24)34-29(36)21-9-7-20(8-10-21)28(25-13-14-32-25)35-15-4-16-35/h1,5-12,17-18,28H,4,13-16H2,2H3,(H,33,37)(H,34,36). The normalized spacial score (nSPS) is 15.2. The lowest BCUT2D eigenvalue weighted by Gasteiger charge is -2.41. The van der Waals surface area contributed by atoms with E-state index >= 15 is 0 Å². The molecule has 192 valence electrons. The molecule has 2 aliphatic heterocycles. The number of ether oxygens (including phenoxy) is 1. The van der Waals surface area contributed by atoms with E-state index in [0.29, 0.717) is 21.8 Å². The van der Waals surface area contributed by atoms with E-state index in [9.17, 15) is 9.59 Å². The number of terminal acetylenes is 1. The molecule has 2 amide bonds. The Hall–Kier alpha value is -4.12. The summed E-state index contributed by atoms with van der Waals surface area (Å²) in [4.78, 5) is 33.5. The number of hydrogen-bond acceptors (Lipinski definition) is 5. The van der Waals surface area contributed by atoms with Crippen LogP contribution in [-0.2, 0) is 0 Å². The molecule has 1 fully saturated rings. The summed E-state index contributed by atoms with van der Waals surface area (Å²) in [5.74, 6) is 1.99. The monoisotopic (exact) mass is 526 g/mol. The summed E-state index contributed by atoms with van der Waals surface area (Å²) in [5.41, 5.74) is 4.43. The second kappa shape index (κ2) is 11.1. The molecule has 0 bridgehead atoms. The molecule has 2 heterocycles. The molecule has 2 aliphatic rings. The molecule has 0 aliphatic carbocycles. The van der Waals surface area contributed by atoms with Crippen LogP contribution in [0.1, 0.15) is 50.7 Å². The Bertz CT molecular complexity index is 1440. The minimum absolute atomic E-state index is 0.168. The Labute approximate surface area is 226 Å². The first-order valence-corrected chi connectivity index (χ1v) is 12.8. The van der Waals surface area contributed by atoms with Gasteiger partial charge in [0, 0.05) is 59.7 Å². The Morgan fingerprint density at radius 3 is 2.32 bits per heavy atom. The highest BCUT2D eigenvalue weighted by molar-refractivity contribution is 6.31. The van der Waals surface area contributed by atoms with E-state index in [2.05, 4.69) is 26.4 Å². The molecule has 38 heavy (non-hydrogen) atoms. The Morgan fingerprint density at radius 2 is 1.76 bits per heavy atom. The van der Waals surface area contributed by atoms with E-state index in [4.69, 9.17) is 22.8 Å². The molecule has 0 radical (unpaired) electrons. The number of aliphatic imine (C=N–C) groups is 1. The number of anilines is 2. The topological polar surface area (TPSA) is 83.0 Å². The summed E-state index contributed by atoms with van der Waals surface area (Å²) in [6.45, 7) is 3.00. The molecule has 8 heteroatoms. The smallest absolute Gasteiger partial charge is 0.257 e. The molecule has 0 saturated carbocycles. The molecule has 7 nitrogen and oxygen atoms in total. The van der Waals surface area contributed by atoms with Crippen molar-refractivity contribution in [3.05, 3.63) is 87.9 Å². The van der Waals surface area contributed by atoms with Crippen molar-refractivity contribution in [1.82, 2.24) is 4.90 Å². The Morgan fingerprint density at radius 1 is 1.05 bits per heavy atom. The van der Waals surface area contributed by atoms with Gasteiger partial charge in [-0.3, -0.25) is 19.5 Å². The van der Waals surface area contributed by atoms with Crippen LogP contribution < -0.4 is 15.4 Å². The van der Waals surface area contributed by atoms with E-state index in [1.165, 1.54) is 25.3 Å². The average molecular weight is 527 g/mol. The van der Waals surface area contributed by atoms with Gasteiger partial charge < -0.3 is 15.4 Å². The number of methoxy groups -OCH3 is 1. The van der Waals surface area contributed by atoms with Crippen molar-refractivity contribution in [2.24, 2.45) is 4.99 Å². The number of nitrogens with one attached hydrogen (secondary N) is 2. The highest BCUT2D eigenvalue weighted by Gasteiger charge is 2.31. The molecule has 3 aromatic rings. The minimum Gasteiger partial charge on any atom is -0.494 e. The van der Waals surface area contributed by atoms with E-state index in [1.807, 2.05) is 12.1 Å². The van der Waals surface area contributed by atoms with Gasteiger partial charge in [0.25, 0.3) is 11.8 Å². The van der Waals surface area contributed by atoms with Crippen LogP contribution in [-0.4, -0.2) is 49.2 Å². The fourth-order valence-corrected chi connectivity index (χ4v) is 4.79. The predicted molar refractivity (Wildman–Crippen MR) is 151 cm³/mol. The lowest BCUT2D eigenvalue weighted by atomic mass is 9.92. The van der Waals surface area contributed by atoms with Crippen LogP contribution in [0.5, 0.6) is 5.75 Å². The van der Waals surface area contributed by atoms with E-state index in [0.717, 1.165) is 31.6 Å². The number of likely N-dealkylation sites (tertiary alicyclic amines) is 1. The highest BCUT2D eigenvalue weighted by atomic mass is 35.5. The third-order valence-electron chi connectivity index (χ3n) is 6.82. The van der Waals surface area contributed by atoms with Gasteiger partial charge in [-0.05, 0) is 54.4 Å². The van der Waals surface area contributed by atoms with Gasteiger partial charge in [0.2, 0.25) is 0 Å². The summed E-state index contributed by atoms with van der Waals surface area (Å²) >= 11 is 6.26. The van der Waals surface area contributed by atoms with Gasteiger partial charge >= 0.3 is 0 Å². The fourth-order valence-electron chi connectivity index (χ4n) is 4.58. The minimum atomic E-state index is -0.455. The van der Waals surface area contributed by atoms with Crippen LogP contribution in [0.2, 0.25) is 5.02 Å². The zero-order valence-corrected chi connectivity index (χ0v) is 21.7. The number of amides is 2. The van der Waals surface area contributed by atoms with Crippen molar-refractivity contribution >= 4 is 40.5 Å². The highest BCUT2D eigenvalue weighted by Crippen LogP contribution is 2.34. The summed E-state index contributed by atoms with van der Waals surface area (Å²) in [6.07, 6.45) is 7.62. The summed E-state index contributed by atoms with van der Waals surface area (Å²) in [5, 5.41) is 5.97.